The molecule has 90 valence electrons. The molecular formula is C12H12O5. The topological polar surface area (TPSA) is 61.8 Å². The van der Waals surface area contributed by atoms with Gasteiger partial charge in [-0.3, -0.25) is 4.79 Å². The second-order valence-electron chi connectivity index (χ2n) is 5.54. The van der Waals surface area contributed by atoms with Crippen molar-refractivity contribution in [2.75, 3.05) is 0 Å². The van der Waals surface area contributed by atoms with E-state index in [4.69, 9.17) is 14.2 Å². The molecule has 4 heterocycles. The molecule has 0 radical (unpaired) electrons. The summed E-state index contributed by atoms with van der Waals surface area (Å²) in [6.07, 6.45) is 0.407. The molecule has 5 aliphatic rings. The van der Waals surface area contributed by atoms with Gasteiger partial charge in [-0.2, -0.15) is 0 Å². The lowest BCUT2D eigenvalue weighted by atomic mass is 9.53. The predicted molar refractivity (Wildman–Crippen MR) is 53.8 cm³/mol. The maximum Gasteiger partial charge on any atom is 0.333 e. The fraction of sp³-hybridized carbons (Fsp3) is 0.667. The Morgan fingerprint density at radius 1 is 1.59 bits per heavy atom. The molecule has 5 nitrogen and oxygen atoms in total. The van der Waals surface area contributed by atoms with Gasteiger partial charge >= 0.3 is 11.9 Å². The van der Waals surface area contributed by atoms with E-state index in [1.807, 2.05) is 0 Å². The molecule has 0 amide bonds. The number of rotatable bonds is 2. The summed E-state index contributed by atoms with van der Waals surface area (Å²) in [5, 5.41) is 0. The van der Waals surface area contributed by atoms with Crippen LogP contribution >= 0.6 is 0 Å². The maximum atomic E-state index is 11.8. The highest BCUT2D eigenvalue weighted by atomic mass is 16.7. The van der Waals surface area contributed by atoms with Crippen molar-refractivity contribution < 1.29 is 23.8 Å². The molecule has 4 bridgehead atoms. The summed E-state index contributed by atoms with van der Waals surface area (Å²) in [6, 6.07) is 0. The lowest BCUT2D eigenvalue weighted by Crippen LogP contribution is -2.65. The molecule has 5 rings (SSSR count). The quantitative estimate of drug-likeness (QED) is 0.510. The van der Waals surface area contributed by atoms with Gasteiger partial charge in [0.2, 0.25) is 0 Å². The van der Waals surface area contributed by atoms with E-state index in [1.54, 1.807) is 6.92 Å². The van der Waals surface area contributed by atoms with Crippen LogP contribution in [-0.4, -0.2) is 35.9 Å². The van der Waals surface area contributed by atoms with Gasteiger partial charge in [-0.25, -0.2) is 4.79 Å². The molecule has 5 heteroatoms. The zero-order chi connectivity index (χ0) is 12.0. The molecule has 1 saturated carbocycles. The van der Waals surface area contributed by atoms with Crippen LogP contribution < -0.4 is 0 Å². The second-order valence-corrected chi connectivity index (χ2v) is 5.54. The smallest absolute Gasteiger partial charge is 0.333 e. The molecule has 0 aromatic rings. The van der Waals surface area contributed by atoms with Crippen LogP contribution in [0.25, 0.3) is 0 Å². The van der Waals surface area contributed by atoms with Crippen molar-refractivity contribution in [2.24, 2.45) is 5.41 Å². The highest BCUT2D eigenvalue weighted by Crippen LogP contribution is 2.73. The first-order chi connectivity index (χ1) is 7.99. The monoisotopic (exact) mass is 236 g/mol. The van der Waals surface area contributed by atoms with Gasteiger partial charge in [0.05, 0.1) is 0 Å². The van der Waals surface area contributed by atoms with Gasteiger partial charge in [-0.15, -0.1) is 0 Å². The second kappa shape index (κ2) is 2.41. The first kappa shape index (κ1) is 9.65. The van der Waals surface area contributed by atoms with E-state index in [0.29, 0.717) is 18.4 Å². The van der Waals surface area contributed by atoms with Crippen molar-refractivity contribution in [3.8, 4) is 0 Å². The summed E-state index contributed by atoms with van der Waals surface area (Å²) >= 11 is 0. The summed E-state index contributed by atoms with van der Waals surface area (Å²) in [7, 11) is 0. The maximum absolute atomic E-state index is 11.8. The van der Waals surface area contributed by atoms with E-state index in [-0.39, 0.29) is 18.2 Å². The lowest BCUT2D eigenvalue weighted by Gasteiger charge is -2.47. The number of carbonyl (C=O) groups excluding carboxylic acids is 2. The van der Waals surface area contributed by atoms with Crippen molar-refractivity contribution in [1.29, 1.82) is 0 Å². The summed E-state index contributed by atoms with van der Waals surface area (Å²) in [5.41, 5.74) is -0.763. The van der Waals surface area contributed by atoms with Gasteiger partial charge < -0.3 is 14.2 Å². The van der Waals surface area contributed by atoms with Gasteiger partial charge in [-0.05, 0) is 13.3 Å². The van der Waals surface area contributed by atoms with Gasteiger partial charge in [-0.1, -0.05) is 6.58 Å². The number of esters is 2. The van der Waals surface area contributed by atoms with E-state index in [2.05, 4.69) is 6.58 Å². The highest BCUT2D eigenvalue weighted by molar-refractivity contribution is 5.89. The van der Waals surface area contributed by atoms with Gasteiger partial charge in [0, 0.05) is 12.0 Å². The van der Waals surface area contributed by atoms with Crippen LogP contribution in [0, 0.1) is 5.41 Å². The molecule has 5 unspecified atom stereocenters. The molecule has 4 aliphatic heterocycles. The SMILES string of the molecule is C=C(C)C(=O)OC1C2CC34CC1(OC3=O)C4O2. The molecule has 17 heavy (non-hydrogen) atoms. The van der Waals surface area contributed by atoms with E-state index in [9.17, 15) is 9.59 Å². The van der Waals surface area contributed by atoms with E-state index >= 15 is 0 Å². The van der Waals surface area contributed by atoms with Crippen molar-refractivity contribution in [2.45, 2.75) is 43.7 Å². The average Bonchev–Trinajstić information content (AvgIpc) is 2.83. The fourth-order valence-corrected chi connectivity index (χ4v) is 3.84. The minimum Gasteiger partial charge on any atom is -0.452 e. The molecule has 2 spiro atoms. The van der Waals surface area contributed by atoms with Crippen molar-refractivity contribution in [3.05, 3.63) is 12.2 Å². The fourth-order valence-electron chi connectivity index (χ4n) is 3.84. The van der Waals surface area contributed by atoms with E-state index in [0.717, 1.165) is 0 Å². The molecular weight excluding hydrogens is 224 g/mol. The third-order valence-electron chi connectivity index (χ3n) is 4.50. The van der Waals surface area contributed by atoms with Crippen LogP contribution in [0.5, 0.6) is 0 Å². The van der Waals surface area contributed by atoms with Crippen molar-refractivity contribution in [3.63, 3.8) is 0 Å². The molecule has 1 aliphatic carbocycles. The molecule has 0 N–H and O–H groups in total. The zero-order valence-corrected chi connectivity index (χ0v) is 9.39. The molecule has 4 saturated heterocycles. The Morgan fingerprint density at radius 2 is 2.35 bits per heavy atom. The predicted octanol–water partition coefficient (Wildman–Crippen LogP) is 0.331. The third-order valence-corrected chi connectivity index (χ3v) is 4.50. The zero-order valence-electron chi connectivity index (χ0n) is 9.39. The highest BCUT2D eigenvalue weighted by Gasteiger charge is 2.90. The first-order valence-electron chi connectivity index (χ1n) is 5.75. The normalized spacial score (nSPS) is 52.1. The van der Waals surface area contributed by atoms with Crippen LogP contribution in [0.2, 0.25) is 0 Å². The summed E-state index contributed by atoms with van der Waals surface area (Å²) < 4.78 is 16.5. The van der Waals surface area contributed by atoms with Crippen LogP contribution in [-0.2, 0) is 23.8 Å². The number of hydrogen-bond donors (Lipinski definition) is 0. The number of fused-ring (bicyclic) bond motifs is 2. The van der Waals surface area contributed by atoms with Gasteiger partial charge in [0.25, 0.3) is 0 Å². The van der Waals surface area contributed by atoms with Crippen molar-refractivity contribution >= 4 is 11.9 Å². The molecule has 0 aromatic heterocycles. The first-order valence-corrected chi connectivity index (χ1v) is 5.75. The standard InChI is InChI=1S/C12H12O5/c1-5(2)8(13)16-7-6-3-11-4-12(7,9(11)15-6)17-10(11)14/h6-7,9H,1,3-4H2,2H3. The Kier molecular flexibility index (Phi) is 1.37. The van der Waals surface area contributed by atoms with Crippen LogP contribution in [0.15, 0.2) is 12.2 Å². The van der Waals surface area contributed by atoms with Gasteiger partial charge in [0.1, 0.15) is 17.6 Å². The van der Waals surface area contributed by atoms with Crippen LogP contribution in [0.4, 0.5) is 0 Å². The Hall–Kier alpha value is -1.36. The number of ether oxygens (including phenoxy) is 3. The summed E-state index contributed by atoms with van der Waals surface area (Å²) in [5.74, 6) is -0.625. The number of carbonyl (C=O) groups is 2. The molecule has 5 atom stereocenters. The lowest BCUT2D eigenvalue weighted by molar-refractivity contribution is -0.174. The minimum atomic E-state index is -0.689. The van der Waals surface area contributed by atoms with Gasteiger partial charge in [0.15, 0.2) is 11.7 Å². The Labute approximate surface area is 97.7 Å². The van der Waals surface area contributed by atoms with Crippen LogP contribution in [0.1, 0.15) is 19.8 Å². The minimum absolute atomic E-state index is 0.182. The van der Waals surface area contributed by atoms with E-state index < -0.39 is 23.1 Å². The van der Waals surface area contributed by atoms with E-state index in [1.165, 1.54) is 0 Å². The molecule has 5 fully saturated rings. The van der Waals surface area contributed by atoms with Crippen LogP contribution in [0.3, 0.4) is 0 Å². The largest absolute Gasteiger partial charge is 0.452 e. The average molecular weight is 236 g/mol. The summed E-state index contributed by atoms with van der Waals surface area (Å²) in [6.45, 7) is 5.14. The number of hydrogen-bond acceptors (Lipinski definition) is 5. The Bertz CT molecular complexity index is 479. The Balaban J connectivity index is 1.66. The molecule has 0 aromatic carbocycles. The third kappa shape index (κ3) is 0.783. The summed E-state index contributed by atoms with van der Waals surface area (Å²) in [4.78, 5) is 23.3. The Morgan fingerprint density at radius 3 is 3.06 bits per heavy atom. The van der Waals surface area contributed by atoms with Crippen molar-refractivity contribution in [1.82, 2.24) is 0 Å².